The number of aliphatic hydroxyl groups is 2. The summed E-state index contributed by atoms with van der Waals surface area (Å²) in [6, 6.07) is 10.7. The molecule has 4 aliphatic carbocycles. The number of carbonyl (C=O) groups excluding carboxylic acids is 8. The summed E-state index contributed by atoms with van der Waals surface area (Å²) in [7, 11) is 0. The minimum absolute atomic E-state index is 0.0530. The maximum atomic E-state index is 17.7. The van der Waals surface area contributed by atoms with Crippen LogP contribution in [0.5, 0.6) is 0 Å². The Hall–Kier alpha value is -4.83. The van der Waals surface area contributed by atoms with Gasteiger partial charge in [-0.3, -0.25) is 33.8 Å². The maximum absolute atomic E-state index is 17.7. The number of fused-ring (bicyclic) bond motifs is 7. The molecule has 1 aromatic carbocycles. The number of aromatic nitrogens is 1. The van der Waals surface area contributed by atoms with Crippen LogP contribution in [0.2, 0.25) is 0 Å². The van der Waals surface area contributed by atoms with E-state index in [9.17, 15) is 39.0 Å². The van der Waals surface area contributed by atoms with Crippen LogP contribution in [0.4, 0.5) is 4.39 Å². The van der Waals surface area contributed by atoms with E-state index in [2.05, 4.69) is 12.2 Å². The molecule has 1 aromatic heterocycles. The van der Waals surface area contributed by atoms with Crippen molar-refractivity contribution in [1.82, 2.24) is 10.3 Å². The number of allylic oxidation sites excluding steroid dienone is 4. The number of halogens is 1. The number of rotatable bonds is 19. The number of nitrogens with zero attached hydrogens (tertiary/aromatic N) is 1. The molecule has 13 atom stereocenters. The molecule has 3 N–H and O–H groups in total. The summed E-state index contributed by atoms with van der Waals surface area (Å²) in [5, 5.41) is 24.8. The standard InChI is InChI=1S/C52H65FN2O10S.CO2/c1-29(34-13-11-33(12-14-34)23-43(60)31(3)55-47(63)30(2)22-38(57)9-8-10-42(59)32(4)66-7)21-37-17-15-35(27-54-37)48-64-46-25-41-40-18-16-36-24-39(58)19-20-49(36,5)51(40,53)44(61)26-50(41,6)52(46,65-48)45(62)28-56;2-1-3/h11-15,17,19-20,24,27,29-32,40-41,44,46,48,56,61H,8-10,16,18,21-23,25-26,28H2,1-7H3,(H,55,63);/t29-,30+,31-,32?,40-,41-,44-,46+,48+,49-,50-,51-,52+;/m0./s1. The van der Waals surface area contributed by atoms with E-state index in [1.807, 2.05) is 56.5 Å². The molecule has 69 heavy (non-hydrogen) atoms. The summed E-state index contributed by atoms with van der Waals surface area (Å²) in [4.78, 5) is 97.6. The van der Waals surface area contributed by atoms with Crippen molar-refractivity contribution in [1.29, 1.82) is 0 Å². The van der Waals surface area contributed by atoms with E-state index < -0.39 is 76.8 Å². The van der Waals surface area contributed by atoms with E-state index in [-0.39, 0.29) is 72.0 Å². The highest BCUT2D eigenvalue weighted by Crippen LogP contribution is 2.72. The molecule has 0 bridgehead atoms. The Morgan fingerprint density at radius 2 is 1.70 bits per heavy atom. The van der Waals surface area contributed by atoms with E-state index in [0.717, 1.165) is 16.8 Å². The van der Waals surface area contributed by atoms with Gasteiger partial charge in [-0.25, -0.2) is 4.39 Å². The molecule has 2 heterocycles. The van der Waals surface area contributed by atoms with Gasteiger partial charge in [-0.1, -0.05) is 62.8 Å². The molecule has 2 aromatic rings. The van der Waals surface area contributed by atoms with Gasteiger partial charge in [0, 0.05) is 65.8 Å². The smallest absolute Gasteiger partial charge is 0.373 e. The van der Waals surface area contributed by atoms with E-state index >= 15 is 4.39 Å². The molecular formula is C53H65FN2O12S. The molecule has 1 unspecified atom stereocenters. The van der Waals surface area contributed by atoms with E-state index in [1.165, 1.54) is 23.9 Å². The van der Waals surface area contributed by atoms with Crippen molar-refractivity contribution >= 4 is 52.7 Å². The number of alkyl halides is 1. The van der Waals surface area contributed by atoms with Gasteiger partial charge in [0.2, 0.25) is 5.91 Å². The van der Waals surface area contributed by atoms with Gasteiger partial charge in [-0.15, -0.1) is 0 Å². The molecule has 3 saturated carbocycles. The van der Waals surface area contributed by atoms with Crippen LogP contribution >= 0.6 is 11.8 Å². The molecule has 1 saturated heterocycles. The lowest BCUT2D eigenvalue weighted by molar-refractivity contribution is -0.231. The van der Waals surface area contributed by atoms with E-state index in [4.69, 9.17) is 24.0 Å². The fourth-order valence-electron chi connectivity index (χ4n) is 11.9. The molecule has 372 valence electrons. The number of pyridine rings is 1. The number of nitrogens with one attached hydrogen (secondary N) is 1. The third-order valence-electron chi connectivity index (χ3n) is 16.0. The molecule has 1 amide bonds. The van der Waals surface area contributed by atoms with Crippen LogP contribution in [0.25, 0.3) is 0 Å². The summed E-state index contributed by atoms with van der Waals surface area (Å²) in [5.74, 6) is -2.82. The number of carbonyl (C=O) groups is 6. The monoisotopic (exact) mass is 972 g/mol. The molecule has 14 nitrogen and oxygen atoms in total. The van der Waals surface area contributed by atoms with Crippen LogP contribution in [0.3, 0.4) is 0 Å². The summed E-state index contributed by atoms with van der Waals surface area (Å²) >= 11 is 1.48. The first-order valence-electron chi connectivity index (χ1n) is 23.9. The first-order chi connectivity index (χ1) is 32.6. The third-order valence-corrected chi connectivity index (χ3v) is 17.0. The normalized spacial score (nSPS) is 31.4. The van der Waals surface area contributed by atoms with Crippen LogP contribution < -0.4 is 5.32 Å². The number of aliphatic hydroxyl groups excluding tert-OH is 2. The van der Waals surface area contributed by atoms with E-state index in [0.29, 0.717) is 49.7 Å². The fourth-order valence-corrected chi connectivity index (χ4v) is 12.3. The van der Waals surface area contributed by atoms with Crippen molar-refractivity contribution in [2.45, 2.75) is 153 Å². The molecule has 0 spiro atoms. The van der Waals surface area contributed by atoms with Gasteiger partial charge in [-0.05, 0) is 107 Å². The zero-order chi connectivity index (χ0) is 50.6. The van der Waals surface area contributed by atoms with Crippen molar-refractivity contribution in [2.75, 3.05) is 12.9 Å². The second kappa shape index (κ2) is 21.7. The first-order valence-corrected chi connectivity index (χ1v) is 25.1. The summed E-state index contributed by atoms with van der Waals surface area (Å²) in [6.45, 7) is 10.0. The van der Waals surface area contributed by atoms with E-state index in [1.54, 1.807) is 33.0 Å². The zero-order valence-corrected chi connectivity index (χ0v) is 41.3. The minimum atomic E-state index is -2.08. The number of ketones is 5. The first kappa shape index (κ1) is 53.5. The zero-order valence-electron chi connectivity index (χ0n) is 40.5. The average Bonchev–Trinajstić information content (AvgIpc) is 3.82. The lowest BCUT2D eigenvalue weighted by Crippen LogP contribution is -2.69. The second-order valence-corrected chi connectivity index (χ2v) is 21.3. The van der Waals surface area contributed by atoms with Crippen molar-refractivity contribution in [2.24, 2.45) is 28.6 Å². The van der Waals surface area contributed by atoms with Gasteiger partial charge in [-0.2, -0.15) is 21.4 Å². The van der Waals surface area contributed by atoms with Gasteiger partial charge >= 0.3 is 6.15 Å². The predicted molar refractivity (Wildman–Crippen MR) is 252 cm³/mol. The summed E-state index contributed by atoms with van der Waals surface area (Å²) in [5.41, 5.74) is -2.04. The highest BCUT2D eigenvalue weighted by Gasteiger charge is 2.79. The Morgan fingerprint density at radius 1 is 1.00 bits per heavy atom. The number of benzene rings is 1. The van der Waals surface area contributed by atoms with Gasteiger partial charge in [0.1, 0.15) is 18.2 Å². The van der Waals surface area contributed by atoms with Crippen LogP contribution in [0, 0.1) is 28.6 Å². The number of hydrogen-bond donors (Lipinski definition) is 3. The molecule has 4 fully saturated rings. The number of amides is 1. The number of ether oxygens (including phenoxy) is 2. The van der Waals surface area contributed by atoms with Gasteiger partial charge in [0.05, 0.1) is 23.5 Å². The van der Waals surface area contributed by atoms with Crippen LogP contribution in [0.15, 0.2) is 66.4 Å². The Morgan fingerprint density at radius 3 is 2.33 bits per heavy atom. The third kappa shape index (κ3) is 10.2. The molecule has 1 aliphatic heterocycles. The SMILES string of the molecule is CSC(C)C(=O)CCCC(=O)C[C@@H](C)C(=O)N[C@@H](C)C(=O)Cc1ccc([C@@H](C)Cc2ccc([C@@H]3O[C@@H]4C[C@H]5[C@@H]6CCC7=CC(=O)C=C[C@]7(C)[C@@]6(F)[C@@H](O)C[C@]5(C)[C@]4(C(=O)CO)O3)cn2)cc1.O=C=O. The van der Waals surface area contributed by atoms with Crippen molar-refractivity contribution in [3.63, 3.8) is 0 Å². The quantitative estimate of drug-likeness (QED) is 0.142. The molecule has 7 rings (SSSR count). The Kier molecular flexibility index (Phi) is 16.8. The lowest BCUT2D eigenvalue weighted by atomic mass is 9.44. The van der Waals surface area contributed by atoms with Crippen molar-refractivity contribution < 1.29 is 62.4 Å². The highest BCUT2D eigenvalue weighted by molar-refractivity contribution is 7.99. The maximum Gasteiger partial charge on any atom is 0.373 e. The van der Waals surface area contributed by atoms with Crippen LogP contribution in [-0.4, -0.2) is 104 Å². The lowest BCUT2D eigenvalue weighted by Gasteiger charge is -2.62. The molecule has 16 heteroatoms. The number of thioether (sulfide) groups is 1. The van der Waals surface area contributed by atoms with Gasteiger partial charge in [0.25, 0.3) is 0 Å². The predicted octanol–water partition coefficient (Wildman–Crippen LogP) is 6.24. The topological polar surface area (TPSA) is 220 Å². The van der Waals surface area contributed by atoms with Crippen LogP contribution in [-0.2, 0) is 60.7 Å². The van der Waals surface area contributed by atoms with Gasteiger partial charge < -0.3 is 25.0 Å². The fraction of sp³-hybridized carbons (Fsp3) is 0.585. The Balaban J connectivity index is 0.00000254. The summed E-state index contributed by atoms with van der Waals surface area (Å²) < 4.78 is 30.9. The number of Topliss-reactive ketones (excluding diaryl/α,β-unsaturated/α-hetero) is 4. The molecule has 5 aliphatic rings. The van der Waals surface area contributed by atoms with Crippen molar-refractivity contribution in [3.05, 3.63) is 88.8 Å². The largest absolute Gasteiger partial charge is 0.390 e. The summed E-state index contributed by atoms with van der Waals surface area (Å²) in [6.07, 6.45) is 7.92. The average molecular weight is 973 g/mol. The Bertz CT molecular complexity index is 2380. The van der Waals surface area contributed by atoms with Crippen molar-refractivity contribution in [3.8, 4) is 0 Å². The van der Waals surface area contributed by atoms with Crippen LogP contribution in [0.1, 0.15) is 128 Å². The Labute approximate surface area is 407 Å². The number of hydrogen-bond acceptors (Lipinski definition) is 14. The molecular weight excluding hydrogens is 908 g/mol. The van der Waals surface area contributed by atoms with Gasteiger partial charge in [0.15, 0.2) is 34.9 Å². The highest BCUT2D eigenvalue weighted by atomic mass is 32.2. The minimum Gasteiger partial charge on any atom is -0.390 e. The molecule has 0 radical (unpaired) electrons. The second-order valence-electron chi connectivity index (χ2n) is 20.1.